The number of thioether (sulfide) groups is 1. The van der Waals surface area contributed by atoms with Crippen LogP contribution in [-0.2, 0) is 0 Å². The standard InChI is InChI=1S/C16H20Cl2N2OS/c17-13-8-4-7-12(14(13)18)15-20(9-10-22-15)16(21)19-11-5-2-1-3-6-11/h4,7-8,11,15H,1-3,5-6,9-10H2,(H,19,21)/t15-/m0/s1. The van der Waals surface area contributed by atoms with Crippen LogP contribution in [0.25, 0.3) is 0 Å². The van der Waals surface area contributed by atoms with E-state index in [1.807, 2.05) is 17.0 Å². The van der Waals surface area contributed by atoms with E-state index < -0.39 is 0 Å². The van der Waals surface area contributed by atoms with Gasteiger partial charge in [0.25, 0.3) is 0 Å². The number of benzene rings is 1. The monoisotopic (exact) mass is 358 g/mol. The summed E-state index contributed by atoms with van der Waals surface area (Å²) in [6, 6.07) is 5.97. The van der Waals surface area contributed by atoms with Gasteiger partial charge in [0, 0.05) is 23.9 Å². The van der Waals surface area contributed by atoms with Crippen molar-refractivity contribution in [2.45, 2.75) is 43.5 Å². The second kappa shape index (κ2) is 7.33. The van der Waals surface area contributed by atoms with Crippen LogP contribution in [0.5, 0.6) is 0 Å². The van der Waals surface area contributed by atoms with Gasteiger partial charge in [0.05, 0.1) is 10.0 Å². The van der Waals surface area contributed by atoms with Crippen LogP contribution in [-0.4, -0.2) is 29.3 Å². The number of hydrogen-bond donors (Lipinski definition) is 1. The van der Waals surface area contributed by atoms with Crippen molar-refractivity contribution in [2.75, 3.05) is 12.3 Å². The van der Waals surface area contributed by atoms with E-state index in [0.717, 1.165) is 30.7 Å². The molecule has 1 N–H and O–H groups in total. The number of nitrogens with one attached hydrogen (secondary N) is 1. The number of halogens is 2. The Balaban J connectivity index is 1.72. The van der Waals surface area contributed by atoms with Crippen molar-refractivity contribution in [1.29, 1.82) is 0 Å². The van der Waals surface area contributed by atoms with E-state index in [1.165, 1.54) is 19.3 Å². The summed E-state index contributed by atoms with van der Waals surface area (Å²) in [5.41, 5.74) is 0.926. The summed E-state index contributed by atoms with van der Waals surface area (Å²) in [4.78, 5) is 14.5. The molecule has 2 fully saturated rings. The molecule has 2 amide bonds. The normalized spacial score (nSPS) is 22.8. The molecule has 0 unspecified atom stereocenters. The van der Waals surface area contributed by atoms with E-state index in [1.54, 1.807) is 17.8 Å². The fraction of sp³-hybridized carbons (Fsp3) is 0.562. The molecular weight excluding hydrogens is 339 g/mol. The molecule has 3 rings (SSSR count). The van der Waals surface area contributed by atoms with Crippen molar-refractivity contribution >= 4 is 41.0 Å². The minimum absolute atomic E-state index is 0.0259. The maximum Gasteiger partial charge on any atom is 0.318 e. The highest BCUT2D eigenvalue weighted by Crippen LogP contribution is 2.42. The van der Waals surface area contributed by atoms with Gasteiger partial charge in [-0.2, -0.15) is 0 Å². The zero-order valence-corrected chi connectivity index (χ0v) is 14.7. The molecule has 0 aromatic heterocycles. The van der Waals surface area contributed by atoms with Crippen LogP contribution < -0.4 is 5.32 Å². The highest BCUT2D eigenvalue weighted by atomic mass is 35.5. The van der Waals surface area contributed by atoms with Crippen LogP contribution in [0.4, 0.5) is 4.79 Å². The molecule has 1 aromatic carbocycles. The first-order chi connectivity index (χ1) is 10.7. The molecule has 1 aliphatic carbocycles. The zero-order valence-electron chi connectivity index (χ0n) is 12.4. The quantitative estimate of drug-likeness (QED) is 0.798. The summed E-state index contributed by atoms with van der Waals surface area (Å²) < 4.78 is 0. The summed E-state index contributed by atoms with van der Waals surface area (Å²) in [6.07, 6.45) is 5.89. The van der Waals surface area contributed by atoms with E-state index in [9.17, 15) is 4.79 Å². The average molecular weight is 359 g/mol. The van der Waals surface area contributed by atoms with Crippen LogP contribution in [0.3, 0.4) is 0 Å². The van der Waals surface area contributed by atoms with Gasteiger partial charge in [-0.05, 0) is 18.9 Å². The largest absolute Gasteiger partial charge is 0.335 e. The topological polar surface area (TPSA) is 32.3 Å². The summed E-state index contributed by atoms with van der Waals surface area (Å²) in [5, 5.41) is 4.24. The highest BCUT2D eigenvalue weighted by Gasteiger charge is 2.33. The van der Waals surface area contributed by atoms with E-state index in [0.29, 0.717) is 16.1 Å². The van der Waals surface area contributed by atoms with Crippen molar-refractivity contribution in [3.05, 3.63) is 33.8 Å². The van der Waals surface area contributed by atoms with Crippen molar-refractivity contribution in [3.8, 4) is 0 Å². The number of amides is 2. The van der Waals surface area contributed by atoms with Crippen molar-refractivity contribution in [3.63, 3.8) is 0 Å². The lowest BCUT2D eigenvalue weighted by atomic mass is 9.96. The molecule has 2 aliphatic rings. The predicted octanol–water partition coefficient (Wildman–Crippen LogP) is 5.08. The SMILES string of the molecule is O=C(NC1CCCCC1)N1CCS[C@H]1c1cccc(Cl)c1Cl. The molecule has 0 radical (unpaired) electrons. The fourth-order valence-corrected chi connectivity index (χ4v) is 4.91. The van der Waals surface area contributed by atoms with Gasteiger partial charge in [0.15, 0.2) is 0 Å². The molecule has 1 heterocycles. The van der Waals surface area contributed by atoms with Gasteiger partial charge in [-0.25, -0.2) is 4.79 Å². The van der Waals surface area contributed by atoms with E-state index >= 15 is 0 Å². The Hall–Kier alpha value is -0.580. The molecule has 3 nitrogen and oxygen atoms in total. The molecule has 1 aromatic rings. The molecule has 1 aliphatic heterocycles. The van der Waals surface area contributed by atoms with Crippen LogP contribution in [0.1, 0.15) is 43.0 Å². The molecular formula is C16H20Cl2N2OS. The lowest BCUT2D eigenvalue weighted by molar-refractivity contribution is 0.192. The number of carbonyl (C=O) groups is 1. The predicted molar refractivity (Wildman–Crippen MR) is 93.8 cm³/mol. The third kappa shape index (κ3) is 3.50. The maximum absolute atomic E-state index is 12.6. The van der Waals surface area contributed by atoms with Gasteiger partial charge in [0.2, 0.25) is 0 Å². The van der Waals surface area contributed by atoms with Crippen LogP contribution in [0, 0.1) is 0 Å². The van der Waals surface area contributed by atoms with Gasteiger partial charge in [-0.3, -0.25) is 0 Å². The molecule has 6 heteroatoms. The Labute approximate surface area is 145 Å². The van der Waals surface area contributed by atoms with Gasteiger partial charge in [0.1, 0.15) is 5.37 Å². The fourth-order valence-electron chi connectivity index (χ4n) is 3.15. The van der Waals surface area contributed by atoms with Gasteiger partial charge in [-0.15, -0.1) is 11.8 Å². The Kier molecular flexibility index (Phi) is 5.42. The summed E-state index contributed by atoms with van der Waals surface area (Å²) in [7, 11) is 0. The van der Waals surface area contributed by atoms with E-state index in [2.05, 4.69) is 5.32 Å². The van der Waals surface area contributed by atoms with Crippen molar-refractivity contribution < 1.29 is 4.79 Å². The number of hydrogen-bond acceptors (Lipinski definition) is 2. The number of rotatable bonds is 2. The molecule has 0 bridgehead atoms. The minimum Gasteiger partial charge on any atom is -0.335 e. The highest BCUT2D eigenvalue weighted by molar-refractivity contribution is 7.99. The average Bonchev–Trinajstić information content (AvgIpc) is 3.00. The molecule has 120 valence electrons. The third-order valence-electron chi connectivity index (χ3n) is 4.33. The zero-order chi connectivity index (χ0) is 15.5. The van der Waals surface area contributed by atoms with Gasteiger partial charge in [-0.1, -0.05) is 54.6 Å². The first kappa shape index (κ1) is 16.3. The Morgan fingerprint density at radius 3 is 2.77 bits per heavy atom. The number of urea groups is 1. The first-order valence-electron chi connectivity index (χ1n) is 7.79. The van der Waals surface area contributed by atoms with E-state index in [-0.39, 0.29) is 11.4 Å². The summed E-state index contributed by atoms with van der Waals surface area (Å²) in [6.45, 7) is 0.747. The molecule has 1 saturated heterocycles. The summed E-state index contributed by atoms with van der Waals surface area (Å²) in [5.74, 6) is 0.922. The molecule has 1 saturated carbocycles. The molecule has 22 heavy (non-hydrogen) atoms. The van der Waals surface area contributed by atoms with Crippen molar-refractivity contribution in [1.82, 2.24) is 10.2 Å². The maximum atomic E-state index is 12.6. The first-order valence-corrected chi connectivity index (χ1v) is 9.60. The second-order valence-electron chi connectivity index (χ2n) is 5.84. The molecule has 0 spiro atoms. The Morgan fingerprint density at radius 2 is 2.00 bits per heavy atom. The third-order valence-corrected chi connectivity index (χ3v) is 6.41. The smallest absolute Gasteiger partial charge is 0.318 e. The minimum atomic E-state index is -0.0465. The Bertz CT molecular complexity index is 549. The van der Waals surface area contributed by atoms with Crippen LogP contribution in [0.2, 0.25) is 10.0 Å². The second-order valence-corrected chi connectivity index (χ2v) is 7.82. The summed E-state index contributed by atoms with van der Waals surface area (Å²) >= 11 is 14.2. The van der Waals surface area contributed by atoms with Gasteiger partial charge < -0.3 is 10.2 Å². The van der Waals surface area contributed by atoms with Crippen molar-refractivity contribution in [2.24, 2.45) is 0 Å². The Morgan fingerprint density at radius 1 is 1.23 bits per heavy atom. The van der Waals surface area contributed by atoms with E-state index in [4.69, 9.17) is 23.2 Å². The van der Waals surface area contributed by atoms with Crippen LogP contribution >= 0.6 is 35.0 Å². The lowest BCUT2D eigenvalue weighted by Crippen LogP contribution is -2.45. The number of carbonyl (C=O) groups excluding carboxylic acids is 1. The van der Waals surface area contributed by atoms with Gasteiger partial charge >= 0.3 is 6.03 Å². The lowest BCUT2D eigenvalue weighted by Gasteiger charge is -2.29. The number of nitrogens with zero attached hydrogens (tertiary/aromatic N) is 1. The molecule has 1 atom stereocenters. The van der Waals surface area contributed by atoms with Crippen LogP contribution in [0.15, 0.2) is 18.2 Å².